The van der Waals surface area contributed by atoms with Crippen molar-refractivity contribution in [2.75, 3.05) is 25.5 Å². The zero-order valence-electron chi connectivity index (χ0n) is 12.5. The number of nitrogens with zero attached hydrogens (tertiary/aromatic N) is 1. The maximum absolute atomic E-state index is 12.0. The molecule has 0 radical (unpaired) electrons. The Balaban J connectivity index is 2.63. The molecule has 0 spiro atoms. The van der Waals surface area contributed by atoms with Crippen LogP contribution in [0.3, 0.4) is 0 Å². The Labute approximate surface area is 119 Å². The van der Waals surface area contributed by atoms with Crippen LogP contribution < -0.4 is 5.32 Å². The van der Waals surface area contributed by atoms with Crippen molar-refractivity contribution in [1.29, 1.82) is 0 Å². The average molecular weight is 278 g/mol. The van der Waals surface area contributed by atoms with Crippen molar-refractivity contribution in [3.8, 4) is 0 Å². The summed E-state index contributed by atoms with van der Waals surface area (Å²) >= 11 is 0. The topological polar surface area (TPSA) is 58.6 Å². The summed E-state index contributed by atoms with van der Waals surface area (Å²) in [7, 11) is 1.34. The van der Waals surface area contributed by atoms with Gasteiger partial charge in [0.1, 0.15) is 0 Å². The first-order valence-corrected chi connectivity index (χ1v) is 6.60. The highest BCUT2D eigenvalue weighted by molar-refractivity contribution is 5.93. The van der Waals surface area contributed by atoms with E-state index in [1.807, 2.05) is 45.0 Å². The molecule has 5 nitrogen and oxygen atoms in total. The van der Waals surface area contributed by atoms with Crippen molar-refractivity contribution in [2.45, 2.75) is 26.8 Å². The number of carbonyl (C=O) groups is 2. The SMILES string of the molecule is COC(=O)CN(CC(=O)Nc1ccccc1C)C(C)C. The lowest BCUT2D eigenvalue weighted by Gasteiger charge is -2.24. The Morgan fingerprint density at radius 1 is 1.25 bits per heavy atom. The second-order valence-electron chi connectivity index (χ2n) is 4.94. The molecule has 0 aliphatic rings. The van der Waals surface area contributed by atoms with Crippen molar-refractivity contribution < 1.29 is 14.3 Å². The number of ether oxygens (including phenoxy) is 1. The van der Waals surface area contributed by atoms with Crippen molar-refractivity contribution in [1.82, 2.24) is 4.90 Å². The van der Waals surface area contributed by atoms with E-state index in [-0.39, 0.29) is 31.0 Å². The van der Waals surface area contributed by atoms with Gasteiger partial charge in [0.05, 0.1) is 20.2 Å². The molecule has 0 aliphatic carbocycles. The minimum absolute atomic E-state index is 0.0803. The molecular weight excluding hydrogens is 256 g/mol. The average Bonchev–Trinajstić information content (AvgIpc) is 2.40. The van der Waals surface area contributed by atoms with Crippen molar-refractivity contribution in [2.24, 2.45) is 0 Å². The van der Waals surface area contributed by atoms with Gasteiger partial charge in [0.15, 0.2) is 0 Å². The molecule has 0 aliphatic heterocycles. The molecule has 1 amide bonds. The minimum Gasteiger partial charge on any atom is -0.468 e. The zero-order chi connectivity index (χ0) is 15.1. The second kappa shape index (κ2) is 7.65. The van der Waals surface area contributed by atoms with E-state index in [4.69, 9.17) is 0 Å². The summed E-state index contributed by atoms with van der Waals surface area (Å²) in [6, 6.07) is 7.66. The monoisotopic (exact) mass is 278 g/mol. The molecule has 0 saturated heterocycles. The summed E-state index contributed by atoms with van der Waals surface area (Å²) in [5.41, 5.74) is 1.80. The summed E-state index contributed by atoms with van der Waals surface area (Å²) in [6.07, 6.45) is 0. The van der Waals surface area contributed by atoms with Crippen molar-refractivity contribution >= 4 is 17.6 Å². The number of hydrogen-bond acceptors (Lipinski definition) is 4. The summed E-state index contributed by atoms with van der Waals surface area (Å²) in [5.74, 6) is -0.487. The standard InChI is InChI=1S/C15H22N2O3/c1-11(2)17(10-15(19)20-4)9-14(18)16-13-8-6-5-7-12(13)3/h5-8,11H,9-10H2,1-4H3,(H,16,18). The van der Waals surface area contributed by atoms with Crippen LogP contribution in [0.25, 0.3) is 0 Å². The number of methoxy groups -OCH3 is 1. The first kappa shape index (κ1) is 16.2. The van der Waals surface area contributed by atoms with Crippen LogP contribution in [0.15, 0.2) is 24.3 Å². The van der Waals surface area contributed by atoms with Gasteiger partial charge >= 0.3 is 5.97 Å². The van der Waals surface area contributed by atoms with E-state index < -0.39 is 0 Å². The molecule has 1 aromatic carbocycles. The quantitative estimate of drug-likeness (QED) is 0.806. The van der Waals surface area contributed by atoms with Gasteiger partial charge in [-0.05, 0) is 32.4 Å². The maximum atomic E-state index is 12.0. The Kier molecular flexibility index (Phi) is 6.18. The molecule has 1 N–H and O–H groups in total. The van der Waals surface area contributed by atoms with Crippen molar-refractivity contribution in [3.63, 3.8) is 0 Å². The predicted octanol–water partition coefficient (Wildman–Crippen LogP) is 1.82. The Hall–Kier alpha value is -1.88. The van der Waals surface area contributed by atoms with Crippen LogP contribution in [0.4, 0.5) is 5.69 Å². The fourth-order valence-electron chi connectivity index (χ4n) is 1.74. The summed E-state index contributed by atoms with van der Waals surface area (Å²) < 4.78 is 4.64. The molecule has 0 fully saturated rings. The minimum atomic E-state index is -0.345. The van der Waals surface area contributed by atoms with Gasteiger partial charge < -0.3 is 10.1 Å². The van der Waals surface area contributed by atoms with Crippen LogP contribution in [0, 0.1) is 6.92 Å². The second-order valence-corrected chi connectivity index (χ2v) is 4.94. The molecule has 0 saturated carbocycles. The summed E-state index contributed by atoms with van der Waals surface area (Å²) in [5, 5.41) is 2.85. The molecule has 110 valence electrons. The fourth-order valence-corrected chi connectivity index (χ4v) is 1.74. The van der Waals surface area contributed by atoms with E-state index >= 15 is 0 Å². The van der Waals surface area contributed by atoms with E-state index in [1.165, 1.54) is 7.11 Å². The van der Waals surface area contributed by atoms with Crippen LogP contribution in [-0.4, -0.2) is 43.0 Å². The van der Waals surface area contributed by atoms with Crippen LogP contribution in [0.5, 0.6) is 0 Å². The summed E-state index contributed by atoms with van der Waals surface area (Å²) in [4.78, 5) is 25.1. The molecule has 0 heterocycles. The number of hydrogen-bond donors (Lipinski definition) is 1. The predicted molar refractivity (Wildman–Crippen MR) is 78.5 cm³/mol. The van der Waals surface area contributed by atoms with Crippen LogP contribution in [-0.2, 0) is 14.3 Å². The highest BCUT2D eigenvalue weighted by Crippen LogP contribution is 2.13. The third-order valence-electron chi connectivity index (χ3n) is 3.06. The molecule has 0 aromatic heterocycles. The molecule has 1 rings (SSSR count). The molecule has 0 bridgehead atoms. The number of aryl methyl sites for hydroxylation is 1. The third-order valence-corrected chi connectivity index (χ3v) is 3.06. The third kappa shape index (κ3) is 5.01. The van der Waals surface area contributed by atoms with Crippen LogP contribution in [0.2, 0.25) is 0 Å². The van der Waals surface area contributed by atoms with Gasteiger partial charge in [-0.15, -0.1) is 0 Å². The van der Waals surface area contributed by atoms with Gasteiger partial charge in [-0.3, -0.25) is 14.5 Å². The highest BCUT2D eigenvalue weighted by Gasteiger charge is 2.18. The van der Waals surface area contributed by atoms with Crippen LogP contribution in [0.1, 0.15) is 19.4 Å². The fraction of sp³-hybridized carbons (Fsp3) is 0.467. The molecule has 5 heteroatoms. The van der Waals surface area contributed by atoms with Gasteiger partial charge in [0, 0.05) is 11.7 Å². The number of nitrogens with one attached hydrogen (secondary N) is 1. The largest absolute Gasteiger partial charge is 0.468 e. The van der Waals surface area contributed by atoms with E-state index in [9.17, 15) is 9.59 Å². The Bertz CT molecular complexity index is 472. The lowest BCUT2D eigenvalue weighted by molar-refractivity contribution is -0.142. The molecular formula is C15H22N2O3. The lowest BCUT2D eigenvalue weighted by atomic mass is 10.2. The van der Waals surface area contributed by atoms with Gasteiger partial charge in [0.2, 0.25) is 5.91 Å². The van der Waals surface area contributed by atoms with Crippen molar-refractivity contribution in [3.05, 3.63) is 29.8 Å². The summed E-state index contributed by atoms with van der Waals surface area (Å²) in [6.45, 7) is 6.06. The number of para-hydroxylation sites is 1. The number of esters is 1. The Morgan fingerprint density at radius 2 is 1.90 bits per heavy atom. The number of carbonyl (C=O) groups excluding carboxylic acids is 2. The van der Waals surface area contributed by atoms with Crippen LogP contribution >= 0.6 is 0 Å². The van der Waals surface area contributed by atoms with E-state index in [0.717, 1.165) is 11.3 Å². The molecule has 0 unspecified atom stereocenters. The number of benzene rings is 1. The van der Waals surface area contributed by atoms with Gasteiger partial charge in [0.25, 0.3) is 0 Å². The number of amides is 1. The van der Waals surface area contributed by atoms with E-state index in [0.29, 0.717) is 0 Å². The smallest absolute Gasteiger partial charge is 0.319 e. The molecule has 0 atom stereocenters. The van der Waals surface area contributed by atoms with E-state index in [2.05, 4.69) is 10.1 Å². The first-order valence-electron chi connectivity index (χ1n) is 6.60. The normalized spacial score (nSPS) is 10.7. The molecule has 1 aromatic rings. The maximum Gasteiger partial charge on any atom is 0.319 e. The number of anilines is 1. The van der Waals surface area contributed by atoms with Gasteiger partial charge in [-0.25, -0.2) is 0 Å². The highest BCUT2D eigenvalue weighted by atomic mass is 16.5. The number of rotatable bonds is 6. The first-order chi connectivity index (χ1) is 9.43. The molecule has 20 heavy (non-hydrogen) atoms. The Morgan fingerprint density at radius 3 is 2.45 bits per heavy atom. The van der Waals surface area contributed by atoms with E-state index in [1.54, 1.807) is 4.90 Å². The zero-order valence-corrected chi connectivity index (χ0v) is 12.5. The van der Waals surface area contributed by atoms with Gasteiger partial charge in [-0.1, -0.05) is 18.2 Å². The lowest BCUT2D eigenvalue weighted by Crippen LogP contribution is -2.41. The van der Waals surface area contributed by atoms with Gasteiger partial charge in [-0.2, -0.15) is 0 Å².